The molecule has 6 heteroatoms. The molecule has 4 heterocycles. The number of pyridine rings is 2. The molecule has 0 radical (unpaired) electrons. The number of fused-ring (bicyclic) bond motifs is 2. The Morgan fingerprint density at radius 1 is 1.24 bits per heavy atom. The van der Waals surface area contributed by atoms with Crippen LogP contribution in [0.1, 0.15) is 24.0 Å². The smallest absolute Gasteiger partial charge is 0.258 e. The van der Waals surface area contributed by atoms with E-state index < -0.39 is 0 Å². The van der Waals surface area contributed by atoms with Crippen molar-refractivity contribution in [3.63, 3.8) is 0 Å². The number of aromatic amines is 1. The van der Waals surface area contributed by atoms with Gasteiger partial charge in [-0.25, -0.2) is 4.98 Å². The summed E-state index contributed by atoms with van der Waals surface area (Å²) in [7, 11) is 0. The highest BCUT2D eigenvalue weighted by atomic mass is 16.5. The van der Waals surface area contributed by atoms with Gasteiger partial charge < -0.3 is 15.0 Å². The number of imidazole rings is 1. The SMILES string of the molecule is Cc1cccc2cc(-c3nc4c(C)cccn4c3NC[C@H]3CCCO3)c(=O)[nH]c12. The molecule has 148 valence electrons. The van der Waals surface area contributed by atoms with Gasteiger partial charge in [0, 0.05) is 19.3 Å². The number of para-hydroxylation sites is 1. The average Bonchev–Trinajstić information content (AvgIpc) is 3.35. The number of ether oxygens (including phenoxy) is 1. The second kappa shape index (κ2) is 7.04. The van der Waals surface area contributed by atoms with Crippen molar-refractivity contribution in [2.75, 3.05) is 18.5 Å². The van der Waals surface area contributed by atoms with Crippen molar-refractivity contribution in [1.82, 2.24) is 14.4 Å². The van der Waals surface area contributed by atoms with Gasteiger partial charge in [-0.2, -0.15) is 0 Å². The second-order valence-corrected chi connectivity index (χ2v) is 7.76. The zero-order chi connectivity index (χ0) is 20.0. The number of hydrogen-bond acceptors (Lipinski definition) is 4. The van der Waals surface area contributed by atoms with Gasteiger partial charge in [-0.05, 0) is 55.3 Å². The van der Waals surface area contributed by atoms with Gasteiger partial charge in [0.1, 0.15) is 17.2 Å². The summed E-state index contributed by atoms with van der Waals surface area (Å²) in [6, 6.07) is 12.0. The summed E-state index contributed by atoms with van der Waals surface area (Å²) in [5.74, 6) is 0.830. The van der Waals surface area contributed by atoms with Crippen molar-refractivity contribution >= 4 is 22.4 Å². The maximum atomic E-state index is 13.0. The van der Waals surface area contributed by atoms with Crippen molar-refractivity contribution in [2.24, 2.45) is 0 Å². The van der Waals surface area contributed by atoms with E-state index in [0.717, 1.165) is 52.9 Å². The molecule has 0 amide bonds. The van der Waals surface area contributed by atoms with Gasteiger partial charge in [-0.1, -0.05) is 24.3 Å². The molecule has 2 N–H and O–H groups in total. The van der Waals surface area contributed by atoms with Crippen LogP contribution in [0.15, 0.2) is 47.4 Å². The fourth-order valence-electron chi connectivity index (χ4n) is 4.14. The van der Waals surface area contributed by atoms with Crippen LogP contribution in [0.4, 0.5) is 5.82 Å². The van der Waals surface area contributed by atoms with Crippen LogP contribution in [0, 0.1) is 13.8 Å². The fraction of sp³-hybridized carbons (Fsp3) is 0.304. The molecule has 1 aliphatic heterocycles. The quantitative estimate of drug-likeness (QED) is 0.553. The number of rotatable bonds is 4. The summed E-state index contributed by atoms with van der Waals surface area (Å²) in [5, 5.41) is 4.51. The molecule has 1 aromatic carbocycles. The van der Waals surface area contributed by atoms with Crippen LogP contribution in [0.25, 0.3) is 27.8 Å². The molecule has 5 rings (SSSR count). The Kier molecular flexibility index (Phi) is 4.36. The van der Waals surface area contributed by atoms with Crippen LogP contribution in [0.5, 0.6) is 0 Å². The zero-order valence-corrected chi connectivity index (χ0v) is 16.7. The van der Waals surface area contributed by atoms with Gasteiger partial charge in [0.05, 0.1) is 17.2 Å². The molecular weight excluding hydrogens is 364 g/mol. The van der Waals surface area contributed by atoms with Crippen molar-refractivity contribution in [1.29, 1.82) is 0 Å². The Morgan fingerprint density at radius 3 is 2.93 bits per heavy atom. The van der Waals surface area contributed by atoms with E-state index in [1.165, 1.54) is 0 Å². The molecule has 1 saturated heterocycles. The van der Waals surface area contributed by atoms with Crippen LogP contribution >= 0.6 is 0 Å². The van der Waals surface area contributed by atoms with Gasteiger partial charge in [0.15, 0.2) is 0 Å². The first-order chi connectivity index (χ1) is 14.1. The summed E-state index contributed by atoms with van der Waals surface area (Å²) in [6.45, 7) is 5.54. The van der Waals surface area contributed by atoms with E-state index in [9.17, 15) is 4.79 Å². The van der Waals surface area contributed by atoms with Gasteiger partial charge in [0.25, 0.3) is 5.56 Å². The van der Waals surface area contributed by atoms with E-state index in [4.69, 9.17) is 9.72 Å². The van der Waals surface area contributed by atoms with E-state index in [-0.39, 0.29) is 11.7 Å². The topological polar surface area (TPSA) is 71.4 Å². The Hall–Kier alpha value is -3.12. The lowest BCUT2D eigenvalue weighted by Gasteiger charge is -2.13. The lowest BCUT2D eigenvalue weighted by molar-refractivity contribution is 0.120. The number of H-pyrrole nitrogens is 1. The molecule has 0 bridgehead atoms. The summed E-state index contributed by atoms with van der Waals surface area (Å²) < 4.78 is 7.79. The number of aryl methyl sites for hydroxylation is 2. The first kappa shape index (κ1) is 17.9. The van der Waals surface area contributed by atoms with Gasteiger partial charge in [-0.15, -0.1) is 0 Å². The second-order valence-electron chi connectivity index (χ2n) is 7.76. The number of benzene rings is 1. The van der Waals surface area contributed by atoms with Crippen molar-refractivity contribution in [2.45, 2.75) is 32.8 Å². The molecule has 1 aliphatic rings. The number of hydrogen-bond donors (Lipinski definition) is 2. The molecule has 0 unspecified atom stereocenters. The number of aromatic nitrogens is 3. The maximum Gasteiger partial charge on any atom is 0.258 e. The summed E-state index contributed by atoms with van der Waals surface area (Å²) in [6.07, 6.45) is 4.31. The highest BCUT2D eigenvalue weighted by Crippen LogP contribution is 2.30. The minimum absolute atomic E-state index is 0.131. The summed E-state index contributed by atoms with van der Waals surface area (Å²) in [5.41, 5.74) is 4.94. The molecule has 0 spiro atoms. The third-order valence-corrected chi connectivity index (χ3v) is 5.71. The zero-order valence-electron chi connectivity index (χ0n) is 16.7. The Balaban J connectivity index is 1.68. The summed E-state index contributed by atoms with van der Waals surface area (Å²) >= 11 is 0. The predicted molar refractivity (Wildman–Crippen MR) is 116 cm³/mol. The Morgan fingerprint density at radius 2 is 2.10 bits per heavy atom. The third kappa shape index (κ3) is 3.09. The van der Waals surface area contributed by atoms with Crippen molar-refractivity contribution < 1.29 is 4.74 Å². The lowest BCUT2D eigenvalue weighted by atomic mass is 10.1. The predicted octanol–water partition coefficient (Wildman–Crippen LogP) is 4.05. The first-order valence-electron chi connectivity index (χ1n) is 10.1. The average molecular weight is 388 g/mol. The standard InChI is InChI=1S/C23H24N4O2/c1-14-6-3-8-16-12-18(23(28)26-19(14)16)20-22(24-13-17-9-5-11-29-17)27-10-4-7-15(2)21(27)25-20/h3-4,6-8,10,12,17,24H,5,9,11,13H2,1-2H3,(H,26,28)/t17-/m1/s1. The van der Waals surface area contributed by atoms with Gasteiger partial charge in [-0.3, -0.25) is 9.20 Å². The minimum Gasteiger partial charge on any atom is -0.376 e. The van der Waals surface area contributed by atoms with Gasteiger partial charge in [0.2, 0.25) is 0 Å². The van der Waals surface area contributed by atoms with E-state index in [0.29, 0.717) is 17.8 Å². The van der Waals surface area contributed by atoms with E-state index in [2.05, 4.69) is 10.3 Å². The van der Waals surface area contributed by atoms with Gasteiger partial charge >= 0.3 is 0 Å². The van der Waals surface area contributed by atoms with Crippen LogP contribution in [0.2, 0.25) is 0 Å². The maximum absolute atomic E-state index is 13.0. The molecule has 6 nitrogen and oxygen atoms in total. The Labute approximate surface area is 168 Å². The van der Waals surface area contributed by atoms with Crippen molar-refractivity contribution in [3.05, 3.63) is 64.1 Å². The van der Waals surface area contributed by atoms with Crippen LogP contribution in [-0.4, -0.2) is 33.6 Å². The molecule has 4 aromatic rings. The normalized spacial score (nSPS) is 16.7. The first-order valence-corrected chi connectivity index (χ1v) is 10.1. The molecule has 0 saturated carbocycles. The highest BCUT2D eigenvalue weighted by molar-refractivity contribution is 5.87. The van der Waals surface area contributed by atoms with E-state index >= 15 is 0 Å². The van der Waals surface area contributed by atoms with E-state index in [1.54, 1.807) is 0 Å². The number of nitrogens with zero attached hydrogens (tertiary/aromatic N) is 2. The van der Waals surface area contributed by atoms with Crippen LogP contribution in [0.3, 0.4) is 0 Å². The van der Waals surface area contributed by atoms with E-state index in [1.807, 2.05) is 60.8 Å². The van der Waals surface area contributed by atoms with Crippen molar-refractivity contribution in [3.8, 4) is 11.3 Å². The highest BCUT2D eigenvalue weighted by Gasteiger charge is 2.21. The Bertz CT molecular complexity index is 1270. The van der Waals surface area contributed by atoms with Crippen LogP contribution < -0.4 is 10.9 Å². The molecule has 1 fully saturated rings. The summed E-state index contributed by atoms with van der Waals surface area (Å²) in [4.78, 5) is 20.9. The fourth-order valence-corrected chi connectivity index (χ4v) is 4.14. The third-order valence-electron chi connectivity index (χ3n) is 5.71. The molecule has 0 aliphatic carbocycles. The monoisotopic (exact) mass is 388 g/mol. The largest absolute Gasteiger partial charge is 0.376 e. The number of nitrogens with one attached hydrogen (secondary N) is 2. The minimum atomic E-state index is -0.131. The molecule has 29 heavy (non-hydrogen) atoms. The van der Waals surface area contributed by atoms with Crippen LogP contribution in [-0.2, 0) is 4.74 Å². The number of anilines is 1. The molecule has 3 aromatic heterocycles. The molecular formula is C23H24N4O2. The lowest BCUT2D eigenvalue weighted by Crippen LogP contribution is -2.20. The molecule has 1 atom stereocenters.